The highest BCUT2D eigenvalue weighted by molar-refractivity contribution is 5.35. The summed E-state index contributed by atoms with van der Waals surface area (Å²) >= 11 is 0. The van der Waals surface area contributed by atoms with Gasteiger partial charge in [-0.15, -0.1) is 0 Å². The fourth-order valence-electron chi connectivity index (χ4n) is 4.76. The zero-order chi connectivity index (χ0) is 13.8. The Hall–Kier alpha value is -1.06. The Balaban J connectivity index is 1.76. The van der Waals surface area contributed by atoms with Crippen LogP contribution in [0.3, 0.4) is 0 Å². The Kier molecular flexibility index (Phi) is 2.67. The van der Waals surface area contributed by atoms with Crippen molar-refractivity contribution in [3.8, 4) is 5.75 Å². The van der Waals surface area contributed by atoms with Crippen LogP contribution in [-0.4, -0.2) is 19.8 Å². The molecule has 0 amide bonds. The molecule has 1 aromatic rings. The second-order valence-corrected chi connectivity index (χ2v) is 6.40. The molecule has 2 aliphatic heterocycles. The topological polar surface area (TPSA) is 27.7 Å². The van der Waals surface area contributed by atoms with Crippen molar-refractivity contribution in [3.63, 3.8) is 0 Å². The third kappa shape index (κ3) is 1.33. The zero-order valence-electron chi connectivity index (χ0n) is 12.2. The molecule has 3 fully saturated rings. The molecule has 1 saturated carbocycles. The standard InChI is InChI=1S/C17H22O3/c1-12-16-10-4-3-5-14(16)11-19-17(16,20-12)13-6-8-15(18-2)9-7-13/h6-9,12,14H,3-5,10-11H2,1-2H3. The van der Waals surface area contributed by atoms with E-state index in [-0.39, 0.29) is 5.41 Å². The summed E-state index contributed by atoms with van der Waals surface area (Å²) in [5.41, 5.74) is 1.35. The fourth-order valence-corrected chi connectivity index (χ4v) is 4.76. The van der Waals surface area contributed by atoms with Crippen molar-refractivity contribution < 1.29 is 14.2 Å². The van der Waals surface area contributed by atoms with Gasteiger partial charge in [0.2, 0.25) is 5.79 Å². The Bertz CT molecular complexity index is 511. The van der Waals surface area contributed by atoms with E-state index in [4.69, 9.17) is 14.2 Å². The first-order valence-electron chi connectivity index (χ1n) is 7.69. The molecule has 3 aliphatic rings. The Morgan fingerprint density at radius 1 is 1.20 bits per heavy atom. The zero-order valence-corrected chi connectivity index (χ0v) is 12.2. The van der Waals surface area contributed by atoms with E-state index in [9.17, 15) is 0 Å². The van der Waals surface area contributed by atoms with Gasteiger partial charge in [0.15, 0.2) is 0 Å². The van der Waals surface area contributed by atoms with E-state index in [0.717, 1.165) is 17.9 Å². The highest BCUT2D eigenvalue weighted by Gasteiger charge is 2.74. The molecule has 2 saturated heterocycles. The largest absolute Gasteiger partial charge is 0.497 e. The summed E-state index contributed by atoms with van der Waals surface area (Å²) in [6, 6.07) is 8.21. The van der Waals surface area contributed by atoms with Crippen molar-refractivity contribution in [1.29, 1.82) is 0 Å². The van der Waals surface area contributed by atoms with Gasteiger partial charge < -0.3 is 14.2 Å². The third-order valence-electron chi connectivity index (χ3n) is 5.76. The van der Waals surface area contributed by atoms with Crippen LogP contribution in [0.15, 0.2) is 24.3 Å². The highest BCUT2D eigenvalue weighted by atomic mass is 16.7. The minimum atomic E-state index is -0.496. The smallest absolute Gasteiger partial charge is 0.203 e. The molecule has 0 aromatic heterocycles. The predicted octanol–water partition coefficient (Wildman–Crippen LogP) is 3.47. The molecule has 0 bridgehead atoms. The summed E-state index contributed by atoms with van der Waals surface area (Å²) in [4.78, 5) is 0. The number of benzene rings is 1. The summed E-state index contributed by atoms with van der Waals surface area (Å²) in [6.45, 7) is 3.06. The second-order valence-electron chi connectivity index (χ2n) is 6.40. The van der Waals surface area contributed by atoms with Gasteiger partial charge in [-0.25, -0.2) is 0 Å². The second kappa shape index (κ2) is 4.22. The molecule has 0 N–H and O–H groups in total. The van der Waals surface area contributed by atoms with Crippen LogP contribution in [0.5, 0.6) is 5.75 Å². The summed E-state index contributed by atoms with van der Waals surface area (Å²) in [5, 5.41) is 0. The number of hydrogen-bond donors (Lipinski definition) is 0. The molecular weight excluding hydrogens is 252 g/mol. The molecule has 2 heterocycles. The molecule has 20 heavy (non-hydrogen) atoms. The lowest BCUT2D eigenvalue weighted by Crippen LogP contribution is -2.66. The lowest BCUT2D eigenvalue weighted by atomic mass is 9.56. The van der Waals surface area contributed by atoms with Crippen molar-refractivity contribution in [2.75, 3.05) is 13.7 Å². The average Bonchev–Trinajstić information content (AvgIpc) is 2.78. The highest BCUT2D eigenvalue weighted by Crippen LogP contribution is 2.69. The van der Waals surface area contributed by atoms with E-state index >= 15 is 0 Å². The van der Waals surface area contributed by atoms with E-state index in [1.165, 1.54) is 25.7 Å². The van der Waals surface area contributed by atoms with Gasteiger partial charge in [-0.05, 0) is 49.9 Å². The minimum absolute atomic E-state index is 0.194. The molecule has 0 radical (unpaired) electrons. The van der Waals surface area contributed by atoms with Crippen LogP contribution in [0, 0.1) is 11.3 Å². The maximum Gasteiger partial charge on any atom is 0.203 e. The lowest BCUT2D eigenvalue weighted by molar-refractivity contribution is -0.410. The number of methoxy groups -OCH3 is 1. The van der Waals surface area contributed by atoms with Crippen LogP contribution in [0.1, 0.15) is 38.2 Å². The predicted molar refractivity (Wildman–Crippen MR) is 75.6 cm³/mol. The van der Waals surface area contributed by atoms with Crippen molar-refractivity contribution in [1.82, 2.24) is 0 Å². The van der Waals surface area contributed by atoms with Crippen LogP contribution in [0.4, 0.5) is 0 Å². The lowest BCUT2D eigenvalue weighted by Gasteiger charge is -2.61. The van der Waals surface area contributed by atoms with Crippen LogP contribution in [0.2, 0.25) is 0 Å². The first-order valence-corrected chi connectivity index (χ1v) is 7.69. The molecule has 3 heteroatoms. The number of ether oxygens (including phenoxy) is 3. The summed E-state index contributed by atoms with van der Waals surface area (Å²) < 4.78 is 17.7. The maximum atomic E-state index is 6.24. The number of rotatable bonds is 2. The Labute approximate surface area is 120 Å². The molecule has 1 spiro atoms. The normalized spacial score (nSPS) is 42.5. The summed E-state index contributed by atoms with van der Waals surface area (Å²) in [7, 11) is 1.69. The van der Waals surface area contributed by atoms with Crippen LogP contribution in [-0.2, 0) is 15.3 Å². The van der Waals surface area contributed by atoms with Gasteiger partial charge in [0.25, 0.3) is 0 Å². The third-order valence-corrected chi connectivity index (χ3v) is 5.76. The minimum Gasteiger partial charge on any atom is -0.497 e. The van der Waals surface area contributed by atoms with Gasteiger partial charge >= 0.3 is 0 Å². The molecule has 3 nitrogen and oxygen atoms in total. The SMILES string of the molecule is COc1ccc(C23OCC4CCCCC42C(C)O3)cc1. The molecule has 1 aromatic carbocycles. The maximum absolute atomic E-state index is 6.24. The van der Waals surface area contributed by atoms with Crippen molar-refractivity contribution in [3.05, 3.63) is 29.8 Å². The number of hydrogen-bond acceptors (Lipinski definition) is 3. The first kappa shape index (κ1) is 12.7. The summed E-state index contributed by atoms with van der Waals surface area (Å²) in [5.74, 6) is 1.04. The molecule has 108 valence electrons. The van der Waals surface area contributed by atoms with E-state index in [0.29, 0.717) is 12.0 Å². The van der Waals surface area contributed by atoms with E-state index in [1.54, 1.807) is 7.11 Å². The molecule has 4 unspecified atom stereocenters. The van der Waals surface area contributed by atoms with Gasteiger partial charge in [0.05, 0.1) is 25.2 Å². The van der Waals surface area contributed by atoms with Gasteiger partial charge in [0.1, 0.15) is 5.75 Å². The van der Waals surface area contributed by atoms with Crippen LogP contribution >= 0.6 is 0 Å². The van der Waals surface area contributed by atoms with Crippen LogP contribution in [0.25, 0.3) is 0 Å². The molecule has 1 aliphatic carbocycles. The van der Waals surface area contributed by atoms with Crippen molar-refractivity contribution >= 4 is 0 Å². The van der Waals surface area contributed by atoms with Gasteiger partial charge in [0, 0.05) is 5.56 Å². The van der Waals surface area contributed by atoms with E-state index in [2.05, 4.69) is 19.1 Å². The molecule has 4 rings (SSSR count). The molecular formula is C17H22O3. The first-order chi connectivity index (χ1) is 9.73. The van der Waals surface area contributed by atoms with Crippen molar-refractivity contribution in [2.45, 2.75) is 44.5 Å². The van der Waals surface area contributed by atoms with E-state index in [1.807, 2.05) is 12.1 Å². The van der Waals surface area contributed by atoms with Gasteiger partial charge in [-0.2, -0.15) is 0 Å². The van der Waals surface area contributed by atoms with Crippen LogP contribution < -0.4 is 4.74 Å². The Morgan fingerprint density at radius 2 is 2.00 bits per heavy atom. The quantitative estimate of drug-likeness (QED) is 0.826. The average molecular weight is 274 g/mol. The van der Waals surface area contributed by atoms with Crippen molar-refractivity contribution in [2.24, 2.45) is 11.3 Å². The molecule has 4 atom stereocenters. The monoisotopic (exact) mass is 274 g/mol. The van der Waals surface area contributed by atoms with E-state index < -0.39 is 5.79 Å². The Morgan fingerprint density at radius 3 is 2.70 bits per heavy atom. The van der Waals surface area contributed by atoms with Gasteiger partial charge in [-0.3, -0.25) is 0 Å². The fraction of sp³-hybridized carbons (Fsp3) is 0.647. The van der Waals surface area contributed by atoms with Gasteiger partial charge in [-0.1, -0.05) is 12.8 Å². The summed E-state index contributed by atoms with van der Waals surface area (Å²) in [6.07, 6.45) is 5.45.